The summed E-state index contributed by atoms with van der Waals surface area (Å²) >= 11 is 1.31. The molecular formula is C17H24N4O6S. The first-order valence-electron chi connectivity index (χ1n) is 9.02. The molecule has 1 saturated heterocycles. The zero-order chi connectivity index (χ0) is 20.3. The summed E-state index contributed by atoms with van der Waals surface area (Å²) in [4.78, 5) is 38.1. The molecule has 1 aliphatic rings. The molecule has 11 heteroatoms. The van der Waals surface area contributed by atoms with Crippen molar-refractivity contribution in [1.82, 2.24) is 20.0 Å². The molecule has 3 heterocycles. The van der Waals surface area contributed by atoms with Gasteiger partial charge in [0.05, 0.1) is 31.2 Å². The molecule has 2 aromatic heterocycles. The van der Waals surface area contributed by atoms with Gasteiger partial charge >= 0.3 is 11.8 Å². The Kier molecular flexibility index (Phi) is 6.50. The Morgan fingerprint density at radius 3 is 2.82 bits per heavy atom. The van der Waals surface area contributed by atoms with Crippen molar-refractivity contribution in [2.45, 2.75) is 45.5 Å². The Morgan fingerprint density at radius 2 is 2.18 bits per heavy atom. The fourth-order valence-corrected chi connectivity index (χ4v) is 4.58. The summed E-state index contributed by atoms with van der Waals surface area (Å²) in [5, 5.41) is 9.19. The number of carbonyl (C=O) groups is 1. The van der Waals surface area contributed by atoms with Gasteiger partial charge in [0.15, 0.2) is 0 Å². The predicted octanol–water partition coefficient (Wildman–Crippen LogP) is 0.631. The number of fused-ring (bicyclic) bond motifs is 1. The van der Waals surface area contributed by atoms with E-state index in [2.05, 4.69) is 10.9 Å². The first-order chi connectivity index (χ1) is 13.4. The van der Waals surface area contributed by atoms with Crippen LogP contribution in [0.5, 0.6) is 0 Å². The quantitative estimate of drug-likeness (QED) is 0.543. The minimum absolute atomic E-state index is 0.0630. The molecule has 0 aromatic carbocycles. The summed E-state index contributed by atoms with van der Waals surface area (Å²) < 4.78 is 13.5. The minimum atomic E-state index is -1.20. The lowest BCUT2D eigenvalue weighted by molar-refractivity contribution is 0.0964. The lowest BCUT2D eigenvalue weighted by Gasteiger charge is -2.15. The van der Waals surface area contributed by atoms with Crippen molar-refractivity contribution in [3.05, 3.63) is 31.3 Å². The van der Waals surface area contributed by atoms with Gasteiger partial charge in [0.25, 0.3) is 5.56 Å². The highest BCUT2D eigenvalue weighted by Crippen LogP contribution is 2.28. The SMILES string of the molecule is COCCn1c(=O)c2c(C)c(CNNC(=O)O)sc2n(CC2CCCO2)c1=O. The van der Waals surface area contributed by atoms with Gasteiger partial charge in [-0.15, -0.1) is 11.3 Å². The first kappa shape index (κ1) is 20.5. The van der Waals surface area contributed by atoms with E-state index in [4.69, 9.17) is 14.6 Å². The maximum atomic E-state index is 13.0. The van der Waals surface area contributed by atoms with Crippen molar-refractivity contribution in [2.24, 2.45) is 0 Å². The first-order valence-corrected chi connectivity index (χ1v) is 9.83. The predicted molar refractivity (Wildman–Crippen MR) is 104 cm³/mol. The highest BCUT2D eigenvalue weighted by atomic mass is 32.1. The van der Waals surface area contributed by atoms with Crippen molar-refractivity contribution in [3.8, 4) is 0 Å². The second-order valence-electron chi connectivity index (χ2n) is 6.59. The molecule has 10 nitrogen and oxygen atoms in total. The van der Waals surface area contributed by atoms with E-state index in [9.17, 15) is 14.4 Å². The number of hydrogen-bond donors (Lipinski definition) is 3. The van der Waals surface area contributed by atoms with Crippen LogP contribution in [0.1, 0.15) is 23.3 Å². The van der Waals surface area contributed by atoms with Gasteiger partial charge in [-0.1, -0.05) is 0 Å². The fraction of sp³-hybridized carbons (Fsp3) is 0.588. The second-order valence-corrected chi connectivity index (χ2v) is 7.68. The summed E-state index contributed by atoms with van der Waals surface area (Å²) in [6.45, 7) is 3.48. The van der Waals surface area contributed by atoms with E-state index < -0.39 is 6.09 Å². The van der Waals surface area contributed by atoms with Crippen LogP contribution in [0.2, 0.25) is 0 Å². The van der Waals surface area contributed by atoms with Crippen LogP contribution >= 0.6 is 11.3 Å². The number of rotatable bonds is 8. The molecule has 3 rings (SSSR count). The average molecular weight is 412 g/mol. The van der Waals surface area contributed by atoms with E-state index in [0.717, 1.165) is 23.3 Å². The number of nitrogens with one attached hydrogen (secondary N) is 2. The van der Waals surface area contributed by atoms with E-state index in [1.807, 2.05) is 0 Å². The molecule has 2 aromatic rings. The Labute approximate surface area is 164 Å². The van der Waals surface area contributed by atoms with Crippen molar-refractivity contribution < 1.29 is 19.4 Å². The lowest BCUT2D eigenvalue weighted by atomic mass is 10.2. The minimum Gasteiger partial charge on any atom is -0.464 e. The van der Waals surface area contributed by atoms with Gasteiger partial charge < -0.3 is 14.6 Å². The average Bonchev–Trinajstić information content (AvgIpc) is 3.27. The van der Waals surface area contributed by atoms with Gasteiger partial charge in [0, 0.05) is 25.1 Å². The van der Waals surface area contributed by atoms with Gasteiger partial charge in [0.1, 0.15) is 4.83 Å². The Balaban J connectivity index is 2.09. The third kappa shape index (κ3) is 4.12. The highest BCUT2D eigenvalue weighted by molar-refractivity contribution is 7.18. The Morgan fingerprint density at radius 1 is 1.39 bits per heavy atom. The van der Waals surface area contributed by atoms with E-state index in [1.54, 1.807) is 11.5 Å². The van der Waals surface area contributed by atoms with Crippen LogP contribution in [0.25, 0.3) is 10.2 Å². The third-order valence-electron chi connectivity index (χ3n) is 4.77. The van der Waals surface area contributed by atoms with Gasteiger partial charge in [-0.2, -0.15) is 0 Å². The number of carboxylic acid groups (broad SMARTS) is 1. The van der Waals surface area contributed by atoms with Crippen LogP contribution < -0.4 is 22.1 Å². The Hall–Kier alpha value is -2.21. The molecule has 28 heavy (non-hydrogen) atoms. The topological polar surface area (TPSA) is 124 Å². The van der Waals surface area contributed by atoms with Crippen LogP contribution in [0, 0.1) is 6.92 Å². The number of aromatic nitrogens is 2. The molecule has 0 radical (unpaired) electrons. The molecule has 1 aliphatic heterocycles. The van der Waals surface area contributed by atoms with E-state index in [-0.39, 0.29) is 37.0 Å². The summed E-state index contributed by atoms with van der Waals surface area (Å²) in [6, 6.07) is 0. The number of aryl methyl sites for hydroxylation is 1. The maximum Gasteiger partial charge on any atom is 0.419 e. The standard InChI is InChI=1S/C17H24N4O6S/c1-10-12(8-18-19-16(23)24)28-15-13(10)14(22)20(5-7-26-2)17(25)21(15)9-11-4-3-6-27-11/h11,18-19H,3-9H2,1-2H3,(H,23,24). The molecule has 0 spiro atoms. The number of thiophene rings is 1. The maximum absolute atomic E-state index is 13.0. The number of hydrogen-bond acceptors (Lipinski definition) is 7. The summed E-state index contributed by atoms with van der Waals surface area (Å²) in [7, 11) is 1.52. The fourth-order valence-electron chi connectivity index (χ4n) is 3.34. The second kappa shape index (κ2) is 8.86. The van der Waals surface area contributed by atoms with E-state index in [1.165, 1.54) is 23.0 Å². The van der Waals surface area contributed by atoms with Crippen LogP contribution in [0.4, 0.5) is 4.79 Å². The number of nitrogens with zero attached hydrogens (tertiary/aromatic N) is 2. The normalized spacial score (nSPS) is 16.7. The molecule has 1 fully saturated rings. The van der Waals surface area contributed by atoms with Crippen LogP contribution in [0.15, 0.2) is 9.59 Å². The Bertz CT molecular complexity index is 973. The monoisotopic (exact) mass is 412 g/mol. The number of hydrazine groups is 1. The zero-order valence-electron chi connectivity index (χ0n) is 15.8. The van der Waals surface area contributed by atoms with E-state index >= 15 is 0 Å². The van der Waals surface area contributed by atoms with Crippen molar-refractivity contribution in [1.29, 1.82) is 0 Å². The summed E-state index contributed by atoms with van der Waals surface area (Å²) in [5.74, 6) is 0. The molecule has 154 valence electrons. The van der Waals surface area contributed by atoms with Gasteiger partial charge in [-0.3, -0.25) is 19.4 Å². The molecule has 1 atom stereocenters. The van der Waals surface area contributed by atoms with Crippen molar-refractivity contribution >= 4 is 27.6 Å². The van der Waals surface area contributed by atoms with Gasteiger partial charge in [-0.05, 0) is 25.3 Å². The van der Waals surface area contributed by atoms with Gasteiger partial charge in [0.2, 0.25) is 0 Å². The zero-order valence-corrected chi connectivity index (χ0v) is 16.6. The summed E-state index contributed by atoms with van der Waals surface area (Å²) in [5.41, 5.74) is 4.69. The van der Waals surface area contributed by atoms with E-state index in [0.29, 0.717) is 23.4 Å². The van der Waals surface area contributed by atoms with Gasteiger partial charge in [-0.25, -0.2) is 15.0 Å². The summed E-state index contributed by atoms with van der Waals surface area (Å²) in [6.07, 6.45) is 0.556. The number of methoxy groups -OCH3 is 1. The van der Waals surface area contributed by atoms with Crippen LogP contribution in [-0.4, -0.2) is 46.8 Å². The molecule has 0 saturated carbocycles. The number of ether oxygens (including phenoxy) is 2. The number of amides is 1. The smallest absolute Gasteiger partial charge is 0.419 e. The van der Waals surface area contributed by atoms with Crippen LogP contribution in [-0.2, 0) is 29.1 Å². The molecule has 3 N–H and O–H groups in total. The molecule has 0 bridgehead atoms. The van der Waals surface area contributed by atoms with Crippen molar-refractivity contribution in [2.75, 3.05) is 20.3 Å². The molecular weight excluding hydrogens is 388 g/mol. The van der Waals surface area contributed by atoms with Crippen molar-refractivity contribution in [3.63, 3.8) is 0 Å². The largest absolute Gasteiger partial charge is 0.464 e. The molecule has 1 unspecified atom stereocenters. The third-order valence-corrected chi connectivity index (χ3v) is 6.08. The highest BCUT2D eigenvalue weighted by Gasteiger charge is 2.23. The molecule has 0 aliphatic carbocycles. The van der Waals surface area contributed by atoms with Crippen LogP contribution in [0.3, 0.4) is 0 Å². The lowest BCUT2D eigenvalue weighted by Crippen LogP contribution is -2.42. The molecule has 1 amide bonds.